The molecule has 0 aliphatic rings. The molecule has 284 valence electrons. The number of ether oxygens (including phenoxy) is 6. The molecule has 0 atom stereocenters. The molecule has 0 saturated carbocycles. The third-order valence-corrected chi connectivity index (χ3v) is 7.40. The summed E-state index contributed by atoms with van der Waals surface area (Å²) in [5.41, 5.74) is -0.906. The van der Waals surface area contributed by atoms with E-state index in [9.17, 15) is 24.3 Å². The molecule has 0 spiro atoms. The first-order valence-corrected chi connectivity index (χ1v) is 17.5. The van der Waals surface area contributed by atoms with Gasteiger partial charge >= 0.3 is 24.4 Å². The molecule has 0 unspecified atom stereocenters. The second-order valence-electron chi connectivity index (χ2n) is 11.5. The number of unbranched alkanes of at least 4 members (excludes halogenated alkanes) is 8. The second kappa shape index (κ2) is 32.7. The minimum absolute atomic E-state index is 0.101. The van der Waals surface area contributed by atoms with Crippen LogP contribution in [0.25, 0.3) is 0 Å². The molecule has 15 heteroatoms. The Morgan fingerprint density at radius 2 is 0.857 bits per heavy atom. The van der Waals surface area contributed by atoms with Gasteiger partial charge in [-0.05, 0) is 57.8 Å². The number of amides is 4. The molecule has 0 rings (SSSR count). The maximum absolute atomic E-state index is 12.2. The molecular weight excluding hydrogens is 640 g/mol. The van der Waals surface area contributed by atoms with E-state index in [1.54, 1.807) is 0 Å². The highest BCUT2D eigenvalue weighted by Crippen LogP contribution is 2.22. The van der Waals surface area contributed by atoms with Crippen molar-refractivity contribution in [2.75, 3.05) is 72.4 Å². The van der Waals surface area contributed by atoms with Crippen molar-refractivity contribution >= 4 is 24.4 Å². The zero-order valence-corrected chi connectivity index (χ0v) is 29.6. The van der Waals surface area contributed by atoms with Crippen molar-refractivity contribution in [3.05, 3.63) is 25.7 Å². The lowest BCUT2D eigenvalue weighted by molar-refractivity contribution is -0.0118. The van der Waals surface area contributed by atoms with Crippen LogP contribution in [-0.2, 0) is 28.4 Å². The summed E-state index contributed by atoms with van der Waals surface area (Å²) in [6.45, 7) is 11.9. The van der Waals surface area contributed by atoms with Crippen LogP contribution < -0.4 is 21.3 Å². The molecule has 5 N–H and O–H groups in total. The number of hydrogen-bond acceptors (Lipinski definition) is 11. The molecule has 0 heterocycles. The van der Waals surface area contributed by atoms with E-state index in [0.717, 1.165) is 77.0 Å². The second-order valence-corrected chi connectivity index (χ2v) is 11.5. The van der Waals surface area contributed by atoms with E-state index < -0.39 is 29.8 Å². The molecule has 0 aromatic heterocycles. The van der Waals surface area contributed by atoms with Crippen LogP contribution in [0.3, 0.4) is 0 Å². The molecule has 4 amide bonds. The molecule has 0 saturated heterocycles. The van der Waals surface area contributed by atoms with Gasteiger partial charge in [0.05, 0.1) is 51.0 Å². The van der Waals surface area contributed by atoms with E-state index >= 15 is 0 Å². The van der Waals surface area contributed by atoms with E-state index in [4.69, 9.17) is 28.4 Å². The number of aliphatic hydroxyl groups excluding tert-OH is 1. The summed E-state index contributed by atoms with van der Waals surface area (Å²) in [6.07, 6.45) is 10.7. The summed E-state index contributed by atoms with van der Waals surface area (Å²) in [5.74, 6) is 0. The van der Waals surface area contributed by atoms with Gasteiger partial charge in [-0.3, -0.25) is 0 Å². The van der Waals surface area contributed by atoms with E-state index in [-0.39, 0.29) is 19.8 Å². The summed E-state index contributed by atoms with van der Waals surface area (Å²) in [4.78, 5) is 47.6. The number of alkyl carbamates (subject to hydrolysis) is 4. The fraction of sp³-hybridized carbons (Fsp3) is 0.765. The first kappa shape index (κ1) is 45.1. The zero-order chi connectivity index (χ0) is 36.3. The van der Waals surface area contributed by atoms with Crippen molar-refractivity contribution in [3.8, 4) is 0 Å². The molecule has 0 aromatic carbocycles. The van der Waals surface area contributed by atoms with E-state index in [2.05, 4.69) is 34.4 Å². The van der Waals surface area contributed by atoms with Gasteiger partial charge in [-0.2, -0.15) is 0 Å². The van der Waals surface area contributed by atoms with Crippen molar-refractivity contribution in [3.63, 3.8) is 0 Å². The largest absolute Gasteiger partial charge is 0.502 e. The van der Waals surface area contributed by atoms with Gasteiger partial charge in [0.15, 0.2) is 0 Å². The molecular formula is C34H62N4O11. The quantitative estimate of drug-likeness (QED) is 0.0348. The smallest absolute Gasteiger partial charge is 0.407 e. The first-order chi connectivity index (χ1) is 23.8. The lowest BCUT2D eigenvalue weighted by Gasteiger charge is -2.29. The van der Waals surface area contributed by atoms with Crippen LogP contribution in [0, 0.1) is 5.41 Å². The van der Waals surface area contributed by atoms with Crippen LogP contribution in [0.5, 0.6) is 0 Å². The predicted octanol–water partition coefficient (Wildman–Crippen LogP) is 5.28. The average Bonchev–Trinajstić information content (AvgIpc) is 3.10. The number of hydrogen-bond donors (Lipinski definition) is 5. The van der Waals surface area contributed by atoms with Crippen LogP contribution >= 0.6 is 0 Å². The van der Waals surface area contributed by atoms with Gasteiger partial charge in [-0.25, -0.2) is 19.2 Å². The Labute approximate surface area is 292 Å². The fourth-order valence-corrected chi connectivity index (χ4v) is 4.13. The topological polar surface area (TPSA) is 192 Å². The molecule has 0 radical (unpaired) electrons. The van der Waals surface area contributed by atoms with Crippen molar-refractivity contribution < 1.29 is 52.7 Å². The highest BCUT2D eigenvalue weighted by atomic mass is 16.6. The number of aliphatic hydroxyl groups is 1. The Morgan fingerprint density at radius 1 is 0.531 bits per heavy atom. The van der Waals surface area contributed by atoms with Crippen molar-refractivity contribution in [1.29, 1.82) is 0 Å². The zero-order valence-electron chi connectivity index (χ0n) is 29.6. The molecule has 49 heavy (non-hydrogen) atoms. The normalized spacial score (nSPS) is 10.7. The summed E-state index contributed by atoms with van der Waals surface area (Å²) in [5, 5.41) is 20.8. The van der Waals surface area contributed by atoms with Crippen LogP contribution in [0.15, 0.2) is 25.7 Å². The first-order valence-electron chi connectivity index (χ1n) is 17.5. The molecule has 0 bridgehead atoms. The molecule has 0 aromatic rings. The molecule has 15 nitrogen and oxygen atoms in total. The number of rotatable bonds is 32. The van der Waals surface area contributed by atoms with Crippen molar-refractivity contribution in [2.24, 2.45) is 5.41 Å². The Balaban J connectivity index is 3.85. The summed E-state index contributed by atoms with van der Waals surface area (Å²) >= 11 is 0. The highest BCUT2D eigenvalue weighted by molar-refractivity contribution is 5.68. The van der Waals surface area contributed by atoms with Gasteiger partial charge in [-0.15, -0.1) is 0 Å². The van der Waals surface area contributed by atoms with Crippen LogP contribution in [-0.4, -0.2) is 102 Å². The summed E-state index contributed by atoms with van der Waals surface area (Å²) in [7, 11) is 0. The fourth-order valence-electron chi connectivity index (χ4n) is 4.13. The average molecular weight is 703 g/mol. The lowest BCUT2D eigenvalue weighted by atomic mass is 9.88. The van der Waals surface area contributed by atoms with Gasteiger partial charge in [0.25, 0.3) is 0 Å². The standard InChI is InChI=1S/C34H62N4O11/c1-4-34(27-39,28-48-32(42)37-21-13-9-7-11-19-35-30(40)46-25-17-15-23-44-5-2)29-49-33(43)38-22-14-10-8-12-20-36-31(41)47-26-18-16-24-45-6-3/h5-6,39H,2-4,7-29H2,1H3,(H,35,40)(H,36,41)(H,37,42)(H,38,43). The maximum atomic E-state index is 12.2. The Morgan fingerprint density at radius 3 is 1.16 bits per heavy atom. The SMILES string of the molecule is C=COCCCCOC(=O)NCCCCCCNC(=O)OCC(CC)(CO)COC(=O)NCCCCCCNC(=O)OCCCCOC=C. The minimum atomic E-state index is -0.906. The number of nitrogens with one attached hydrogen (secondary N) is 4. The highest BCUT2D eigenvalue weighted by Gasteiger charge is 2.31. The van der Waals surface area contributed by atoms with E-state index in [1.165, 1.54) is 12.5 Å². The lowest BCUT2D eigenvalue weighted by Crippen LogP contribution is -2.40. The molecule has 0 fully saturated rings. The van der Waals surface area contributed by atoms with Crippen molar-refractivity contribution in [1.82, 2.24) is 21.3 Å². The third-order valence-electron chi connectivity index (χ3n) is 7.40. The van der Waals surface area contributed by atoms with Crippen LogP contribution in [0.1, 0.15) is 90.4 Å². The summed E-state index contributed by atoms with van der Waals surface area (Å²) < 4.78 is 30.8. The van der Waals surface area contributed by atoms with Crippen LogP contribution in [0.2, 0.25) is 0 Å². The van der Waals surface area contributed by atoms with E-state index in [0.29, 0.717) is 59.0 Å². The minimum Gasteiger partial charge on any atom is -0.502 e. The van der Waals surface area contributed by atoms with Crippen molar-refractivity contribution in [2.45, 2.75) is 90.4 Å². The third kappa shape index (κ3) is 28.8. The Hall–Kier alpha value is -3.88. The van der Waals surface area contributed by atoms with Gasteiger partial charge in [-0.1, -0.05) is 45.8 Å². The molecule has 0 aliphatic heterocycles. The predicted molar refractivity (Wildman–Crippen MR) is 185 cm³/mol. The van der Waals surface area contributed by atoms with Crippen LogP contribution in [0.4, 0.5) is 19.2 Å². The van der Waals surface area contributed by atoms with E-state index in [1.807, 2.05) is 6.92 Å². The maximum Gasteiger partial charge on any atom is 0.407 e. The van der Waals surface area contributed by atoms with Gasteiger partial charge in [0.1, 0.15) is 13.2 Å². The number of carbonyl (C=O) groups is 4. The van der Waals surface area contributed by atoms with Gasteiger partial charge in [0, 0.05) is 26.2 Å². The Kier molecular flexibility index (Phi) is 30.1. The van der Waals surface area contributed by atoms with Gasteiger partial charge in [0.2, 0.25) is 0 Å². The number of carbonyl (C=O) groups excluding carboxylic acids is 4. The van der Waals surface area contributed by atoms with Gasteiger partial charge < -0.3 is 54.8 Å². The molecule has 0 aliphatic carbocycles. The monoisotopic (exact) mass is 702 g/mol. The summed E-state index contributed by atoms with van der Waals surface area (Å²) in [6, 6.07) is 0. The Bertz CT molecular complexity index is 822.